The summed E-state index contributed by atoms with van der Waals surface area (Å²) in [5.74, 6) is 0.902. The zero-order valence-corrected chi connectivity index (χ0v) is 10.7. The van der Waals surface area contributed by atoms with Crippen molar-refractivity contribution in [2.75, 3.05) is 13.6 Å². The van der Waals surface area contributed by atoms with E-state index in [0.29, 0.717) is 12.3 Å². The SMILES string of the molecule is CN(CC1CC1)C(=O)[C@H](N)Cc1ccc(O)cc1. The molecule has 1 atom stereocenters. The highest BCUT2D eigenvalue weighted by Crippen LogP contribution is 2.29. The average Bonchev–Trinajstić information content (AvgIpc) is 3.15. The molecule has 1 aliphatic carbocycles. The Balaban J connectivity index is 1.87. The van der Waals surface area contributed by atoms with Gasteiger partial charge in [-0.3, -0.25) is 4.79 Å². The standard InChI is InChI=1S/C14H20N2O2/c1-16(9-11-2-3-11)14(18)13(15)8-10-4-6-12(17)7-5-10/h4-7,11,13,17H,2-3,8-9,15H2,1H3/t13-/m1/s1. The Morgan fingerprint density at radius 1 is 1.44 bits per heavy atom. The molecule has 1 saturated carbocycles. The van der Waals surface area contributed by atoms with E-state index in [4.69, 9.17) is 5.73 Å². The number of phenolic OH excluding ortho intramolecular Hbond substituents is 1. The quantitative estimate of drug-likeness (QED) is 0.821. The zero-order valence-electron chi connectivity index (χ0n) is 10.7. The van der Waals surface area contributed by atoms with Crippen LogP contribution in [-0.4, -0.2) is 35.5 Å². The first-order valence-electron chi connectivity index (χ1n) is 6.34. The molecule has 0 aromatic heterocycles. The van der Waals surface area contributed by atoms with Gasteiger partial charge in [0, 0.05) is 13.6 Å². The highest BCUT2D eigenvalue weighted by molar-refractivity contribution is 5.81. The molecule has 2 rings (SSSR count). The summed E-state index contributed by atoms with van der Waals surface area (Å²) < 4.78 is 0. The van der Waals surface area contributed by atoms with Crippen molar-refractivity contribution in [1.82, 2.24) is 4.90 Å². The van der Waals surface area contributed by atoms with Crippen LogP contribution in [0, 0.1) is 5.92 Å². The van der Waals surface area contributed by atoms with E-state index in [1.54, 1.807) is 29.2 Å². The van der Waals surface area contributed by atoms with Crippen molar-refractivity contribution in [3.05, 3.63) is 29.8 Å². The van der Waals surface area contributed by atoms with Gasteiger partial charge in [-0.25, -0.2) is 0 Å². The van der Waals surface area contributed by atoms with Gasteiger partial charge in [0.2, 0.25) is 5.91 Å². The first kappa shape index (κ1) is 12.9. The molecule has 0 heterocycles. The van der Waals surface area contributed by atoms with Crippen LogP contribution < -0.4 is 5.73 Å². The summed E-state index contributed by atoms with van der Waals surface area (Å²) in [6.07, 6.45) is 2.96. The second kappa shape index (κ2) is 5.40. The average molecular weight is 248 g/mol. The number of carbonyl (C=O) groups excluding carboxylic acids is 1. The van der Waals surface area contributed by atoms with Crippen LogP contribution in [0.2, 0.25) is 0 Å². The number of phenols is 1. The molecule has 98 valence electrons. The molecule has 0 saturated heterocycles. The Bertz CT molecular complexity index is 412. The number of rotatable bonds is 5. The van der Waals surface area contributed by atoms with Crippen molar-refractivity contribution in [2.45, 2.75) is 25.3 Å². The Labute approximate surface area is 107 Å². The maximum absolute atomic E-state index is 12.0. The maximum atomic E-state index is 12.0. The number of hydrogen-bond donors (Lipinski definition) is 2. The molecule has 0 radical (unpaired) electrons. The van der Waals surface area contributed by atoms with Crippen molar-refractivity contribution in [2.24, 2.45) is 11.7 Å². The van der Waals surface area contributed by atoms with Gasteiger partial charge in [0.15, 0.2) is 0 Å². The Kier molecular flexibility index (Phi) is 3.87. The first-order chi connectivity index (χ1) is 8.56. The molecule has 0 unspecified atom stereocenters. The van der Waals surface area contributed by atoms with E-state index in [-0.39, 0.29) is 11.7 Å². The summed E-state index contributed by atoms with van der Waals surface area (Å²) >= 11 is 0. The molecule has 0 bridgehead atoms. The molecule has 0 aliphatic heterocycles. The fourth-order valence-corrected chi connectivity index (χ4v) is 2.03. The summed E-state index contributed by atoms with van der Waals surface area (Å²) in [6, 6.07) is 6.31. The molecule has 1 aliphatic rings. The zero-order chi connectivity index (χ0) is 13.1. The number of hydrogen-bond acceptors (Lipinski definition) is 3. The fraction of sp³-hybridized carbons (Fsp3) is 0.500. The molecule has 1 aromatic carbocycles. The van der Waals surface area contributed by atoms with Gasteiger partial charge >= 0.3 is 0 Å². The van der Waals surface area contributed by atoms with Crippen LogP contribution in [0.4, 0.5) is 0 Å². The number of aromatic hydroxyl groups is 1. The molecular weight excluding hydrogens is 228 g/mol. The van der Waals surface area contributed by atoms with Gasteiger partial charge in [-0.15, -0.1) is 0 Å². The highest BCUT2D eigenvalue weighted by Gasteiger charge is 2.26. The van der Waals surface area contributed by atoms with E-state index in [9.17, 15) is 9.90 Å². The molecule has 18 heavy (non-hydrogen) atoms. The minimum Gasteiger partial charge on any atom is -0.508 e. The van der Waals surface area contributed by atoms with E-state index in [0.717, 1.165) is 12.1 Å². The summed E-state index contributed by atoms with van der Waals surface area (Å²) in [5, 5.41) is 9.19. The van der Waals surface area contributed by atoms with Crippen LogP contribution in [-0.2, 0) is 11.2 Å². The van der Waals surface area contributed by atoms with Crippen LogP contribution in [0.25, 0.3) is 0 Å². The topological polar surface area (TPSA) is 66.6 Å². The molecule has 4 heteroatoms. The van der Waals surface area contributed by atoms with E-state index in [1.807, 2.05) is 7.05 Å². The fourth-order valence-electron chi connectivity index (χ4n) is 2.03. The molecule has 4 nitrogen and oxygen atoms in total. The Hall–Kier alpha value is -1.55. The van der Waals surface area contributed by atoms with Gasteiger partial charge in [-0.2, -0.15) is 0 Å². The van der Waals surface area contributed by atoms with E-state index >= 15 is 0 Å². The third-order valence-electron chi connectivity index (χ3n) is 3.31. The van der Waals surface area contributed by atoms with Crippen LogP contribution in [0.15, 0.2) is 24.3 Å². The van der Waals surface area contributed by atoms with Crippen molar-refractivity contribution in [3.8, 4) is 5.75 Å². The number of benzene rings is 1. The van der Waals surface area contributed by atoms with Gasteiger partial charge < -0.3 is 15.7 Å². The van der Waals surface area contributed by atoms with Crippen molar-refractivity contribution in [3.63, 3.8) is 0 Å². The molecular formula is C14H20N2O2. The third-order valence-corrected chi connectivity index (χ3v) is 3.31. The number of likely N-dealkylation sites (N-methyl/N-ethyl adjacent to an activating group) is 1. The van der Waals surface area contributed by atoms with Crippen LogP contribution in [0.5, 0.6) is 5.75 Å². The van der Waals surface area contributed by atoms with Gasteiger partial charge in [-0.1, -0.05) is 12.1 Å². The summed E-state index contributed by atoms with van der Waals surface area (Å²) in [5.41, 5.74) is 6.90. The molecule has 0 spiro atoms. The number of nitrogens with zero attached hydrogens (tertiary/aromatic N) is 1. The predicted molar refractivity (Wildman–Crippen MR) is 70.1 cm³/mol. The lowest BCUT2D eigenvalue weighted by molar-refractivity contribution is -0.131. The van der Waals surface area contributed by atoms with Gasteiger partial charge in [0.05, 0.1) is 6.04 Å². The van der Waals surface area contributed by atoms with Gasteiger partial charge in [-0.05, 0) is 42.9 Å². The lowest BCUT2D eigenvalue weighted by Crippen LogP contribution is -2.43. The lowest BCUT2D eigenvalue weighted by atomic mass is 10.1. The monoisotopic (exact) mass is 248 g/mol. The summed E-state index contributed by atoms with van der Waals surface area (Å²) in [7, 11) is 1.82. The summed E-state index contributed by atoms with van der Waals surface area (Å²) in [6.45, 7) is 0.822. The molecule has 1 fully saturated rings. The molecule has 1 aromatic rings. The van der Waals surface area contributed by atoms with Gasteiger partial charge in [0.1, 0.15) is 5.75 Å². The smallest absolute Gasteiger partial charge is 0.239 e. The number of amides is 1. The summed E-state index contributed by atoms with van der Waals surface area (Å²) in [4.78, 5) is 13.8. The maximum Gasteiger partial charge on any atom is 0.239 e. The Morgan fingerprint density at radius 3 is 2.61 bits per heavy atom. The minimum absolute atomic E-state index is 0.00465. The van der Waals surface area contributed by atoms with E-state index in [2.05, 4.69) is 0 Å². The molecule has 3 N–H and O–H groups in total. The largest absolute Gasteiger partial charge is 0.508 e. The van der Waals surface area contributed by atoms with Gasteiger partial charge in [0.25, 0.3) is 0 Å². The van der Waals surface area contributed by atoms with Crippen molar-refractivity contribution in [1.29, 1.82) is 0 Å². The number of nitrogens with two attached hydrogens (primary N) is 1. The second-order valence-electron chi connectivity index (χ2n) is 5.14. The normalized spacial score (nSPS) is 16.3. The van der Waals surface area contributed by atoms with Crippen molar-refractivity contribution < 1.29 is 9.90 Å². The third kappa shape index (κ3) is 3.47. The van der Waals surface area contributed by atoms with E-state index in [1.165, 1.54) is 12.8 Å². The lowest BCUT2D eigenvalue weighted by Gasteiger charge is -2.21. The van der Waals surface area contributed by atoms with Crippen LogP contribution >= 0.6 is 0 Å². The highest BCUT2D eigenvalue weighted by atomic mass is 16.3. The number of carbonyl (C=O) groups is 1. The Morgan fingerprint density at radius 2 is 2.06 bits per heavy atom. The van der Waals surface area contributed by atoms with Crippen LogP contribution in [0.1, 0.15) is 18.4 Å². The molecule has 1 amide bonds. The minimum atomic E-state index is -0.502. The predicted octanol–water partition coefficient (Wildman–Crippen LogP) is 1.13. The first-order valence-corrected chi connectivity index (χ1v) is 6.34. The van der Waals surface area contributed by atoms with Crippen molar-refractivity contribution >= 4 is 5.91 Å². The second-order valence-corrected chi connectivity index (χ2v) is 5.14. The van der Waals surface area contributed by atoms with E-state index < -0.39 is 6.04 Å². The van der Waals surface area contributed by atoms with Crippen LogP contribution in [0.3, 0.4) is 0 Å².